The third kappa shape index (κ3) is 6.45. The Morgan fingerprint density at radius 2 is 2.11 bits per heavy atom. The Bertz CT molecular complexity index is 294. The Balaban J connectivity index is 2.03. The maximum Gasteiger partial charge on any atom is 0.317 e. The number of nitrogens with one attached hydrogen (secondary N) is 1. The highest BCUT2D eigenvalue weighted by atomic mass is 16.4. The van der Waals surface area contributed by atoms with E-state index in [2.05, 4.69) is 12.2 Å². The fourth-order valence-corrected chi connectivity index (χ4v) is 2.55. The summed E-state index contributed by atoms with van der Waals surface area (Å²) < 4.78 is 0. The summed E-state index contributed by atoms with van der Waals surface area (Å²) in [7, 11) is 0. The summed E-state index contributed by atoms with van der Waals surface area (Å²) in [5.41, 5.74) is 0. The second kappa shape index (κ2) is 8.77. The molecule has 1 unspecified atom stereocenters. The third-order valence-electron chi connectivity index (χ3n) is 3.61. The molecule has 1 rings (SSSR count). The fraction of sp³-hybridized carbons (Fsp3) is 0.857. The zero-order chi connectivity index (χ0) is 14.1. The summed E-state index contributed by atoms with van der Waals surface area (Å²) >= 11 is 0. The Labute approximate surface area is 115 Å². The standard InChI is InChI=1S/C14H26N2O3/c1-2-6-12-8-10-16(11-12)14(19)15-9-5-3-4-7-13(17)18/h12H,2-11H2,1H3,(H,15,19)(H,17,18). The Morgan fingerprint density at radius 3 is 2.79 bits per heavy atom. The van der Waals surface area contributed by atoms with Crippen molar-refractivity contribution in [3.8, 4) is 0 Å². The molecule has 19 heavy (non-hydrogen) atoms. The molecule has 5 nitrogen and oxygen atoms in total. The van der Waals surface area contributed by atoms with Crippen LogP contribution in [0, 0.1) is 5.92 Å². The molecule has 0 radical (unpaired) electrons. The van der Waals surface area contributed by atoms with Gasteiger partial charge in [-0.1, -0.05) is 19.8 Å². The topological polar surface area (TPSA) is 69.6 Å². The van der Waals surface area contributed by atoms with E-state index in [0.29, 0.717) is 18.9 Å². The van der Waals surface area contributed by atoms with Gasteiger partial charge >= 0.3 is 12.0 Å². The fourth-order valence-electron chi connectivity index (χ4n) is 2.55. The first-order valence-electron chi connectivity index (χ1n) is 7.38. The zero-order valence-electron chi connectivity index (χ0n) is 11.9. The Morgan fingerprint density at radius 1 is 1.32 bits per heavy atom. The number of carboxylic acid groups (broad SMARTS) is 1. The molecule has 1 saturated heterocycles. The van der Waals surface area contributed by atoms with Gasteiger partial charge in [0.05, 0.1) is 0 Å². The van der Waals surface area contributed by atoms with Crippen LogP contribution < -0.4 is 5.32 Å². The van der Waals surface area contributed by atoms with E-state index in [1.165, 1.54) is 12.8 Å². The number of carboxylic acids is 1. The van der Waals surface area contributed by atoms with Crippen molar-refractivity contribution in [1.29, 1.82) is 0 Å². The molecule has 0 aromatic rings. The van der Waals surface area contributed by atoms with Gasteiger partial charge in [0.15, 0.2) is 0 Å². The summed E-state index contributed by atoms with van der Waals surface area (Å²) in [6.45, 7) is 4.58. The molecular weight excluding hydrogens is 244 g/mol. The molecule has 0 saturated carbocycles. The minimum absolute atomic E-state index is 0.0387. The van der Waals surface area contributed by atoms with Crippen LogP contribution in [0.5, 0.6) is 0 Å². The molecule has 1 atom stereocenters. The minimum Gasteiger partial charge on any atom is -0.481 e. The van der Waals surface area contributed by atoms with E-state index in [1.807, 2.05) is 4.90 Å². The van der Waals surface area contributed by atoms with Crippen LogP contribution in [0.4, 0.5) is 4.79 Å². The average molecular weight is 270 g/mol. The van der Waals surface area contributed by atoms with Crippen molar-refractivity contribution in [2.24, 2.45) is 5.92 Å². The summed E-state index contributed by atoms with van der Waals surface area (Å²) in [6, 6.07) is 0.0387. The predicted molar refractivity (Wildman–Crippen MR) is 74.1 cm³/mol. The van der Waals surface area contributed by atoms with Crippen molar-refractivity contribution >= 4 is 12.0 Å². The van der Waals surface area contributed by atoms with Crippen LogP contribution in [0.15, 0.2) is 0 Å². The van der Waals surface area contributed by atoms with E-state index >= 15 is 0 Å². The van der Waals surface area contributed by atoms with Crippen molar-refractivity contribution < 1.29 is 14.7 Å². The molecule has 5 heteroatoms. The van der Waals surface area contributed by atoms with Crippen molar-refractivity contribution in [2.75, 3.05) is 19.6 Å². The van der Waals surface area contributed by atoms with Gasteiger partial charge in [-0.05, 0) is 31.6 Å². The van der Waals surface area contributed by atoms with E-state index in [0.717, 1.165) is 32.4 Å². The zero-order valence-corrected chi connectivity index (χ0v) is 11.9. The SMILES string of the molecule is CCCC1CCN(C(=O)NCCCCCC(=O)O)C1. The van der Waals surface area contributed by atoms with Gasteiger partial charge in [-0.25, -0.2) is 4.79 Å². The lowest BCUT2D eigenvalue weighted by atomic mass is 10.0. The first-order chi connectivity index (χ1) is 9.13. The van der Waals surface area contributed by atoms with Crippen molar-refractivity contribution in [2.45, 2.75) is 51.9 Å². The lowest BCUT2D eigenvalue weighted by molar-refractivity contribution is -0.137. The van der Waals surface area contributed by atoms with E-state index in [-0.39, 0.29) is 12.5 Å². The number of carbonyl (C=O) groups excluding carboxylic acids is 1. The van der Waals surface area contributed by atoms with Crippen molar-refractivity contribution in [3.63, 3.8) is 0 Å². The van der Waals surface area contributed by atoms with Gasteiger partial charge in [0, 0.05) is 26.1 Å². The predicted octanol–water partition coefficient (Wildman–Crippen LogP) is 2.46. The molecule has 0 bridgehead atoms. The number of hydrogen-bond acceptors (Lipinski definition) is 2. The number of carbonyl (C=O) groups is 2. The second-order valence-corrected chi connectivity index (χ2v) is 5.33. The van der Waals surface area contributed by atoms with Crippen molar-refractivity contribution in [3.05, 3.63) is 0 Å². The molecule has 0 aliphatic carbocycles. The van der Waals surface area contributed by atoms with Crippen LogP contribution in [0.3, 0.4) is 0 Å². The summed E-state index contributed by atoms with van der Waals surface area (Å²) in [6.07, 6.45) is 6.13. The van der Waals surface area contributed by atoms with Gasteiger partial charge in [-0.2, -0.15) is 0 Å². The Hall–Kier alpha value is -1.26. The molecule has 1 aliphatic heterocycles. The molecule has 1 fully saturated rings. The maximum absolute atomic E-state index is 11.9. The van der Waals surface area contributed by atoms with Gasteiger partial charge in [0.25, 0.3) is 0 Å². The van der Waals surface area contributed by atoms with Gasteiger partial charge in [0.1, 0.15) is 0 Å². The molecule has 0 aromatic carbocycles. The van der Waals surface area contributed by atoms with Crippen LogP contribution in [0.1, 0.15) is 51.9 Å². The Kier molecular flexibility index (Phi) is 7.30. The van der Waals surface area contributed by atoms with Crippen LogP contribution >= 0.6 is 0 Å². The number of urea groups is 1. The molecule has 1 heterocycles. The number of amides is 2. The molecule has 2 amide bonds. The van der Waals surface area contributed by atoms with Crippen LogP contribution in [0.25, 0.3) is 0 Å². The smallest absolute Gasteiger partial charge is 0.317 e. The highest BCUT2D eigenvalue weighted by molar-refractivity contribution is 5.74. The molecular formula is C14H26N2O3. The number of hydrogen-bond donors (Lipinski definition) is 2. The van der Waals surface area contributed by atoms with Crippen LogP contribution in [-0.2, 0) is 4.79 Å². The van der Waals surface area contributed by atoms with Crippen LogP contribution in [-0.4, -0.2) is 41.6 Å². The number of rotatable bonds is 8. The summed E-state index contributed by atoms with van der Waals surface area (Å²) in [5, 5.41) is 11.4. The number of aliphatic carboxylic acids is 1. The van der Waals surface area contributed by atoms with Crippen molar-refractivity contribution in [1.82, 2.24) is 10.2 Å². The quantitative estimate of drug-likeness (QED) is 0.666. The van der Waals surface area contributed by atoms with E-state index < -0.39 is 5.97 Å². The number of likely N-dealkylation sites (tertiary alicyclic amines) is 1. The summed E-state index contributed by atoms with van der Waals surface area (Å²) in [5.74, 6) is -0.0746. The number of nitrogens with zero attached hydrogens (tertiary/aromatic N) is 1. The highest BCUT2D eigenvalue weighted by Gasteiger charge is 2.24. The number of unbranched alkanes of at least 4 members (excludes halogenated alkanes) is 2. The highest BCUT2D eigenvalue weighted by Crippen LogP contribution is 2.20. The van der Waals surface area contributed by atoms with Gasteiger partial charge in [-0.15, -0.1) is 0 Å². The molecule has 1 aliphatic rings. The average Bonchev–Trinajstić information content (AvgIpc) is 2.82. The largest absolute Gasteiger partial charge is 0.481 e. The van der Waals surface area contributed by atoms with Crippen LogP contribution in [0.2, 0.25) is 0 Å². The molecule has 0 spiro atoms. The van der Waals surface area contributed by atoms with Gasteiger partial charge < -0.3 is 15.3 Å². The first kappa shape index (κ1) is 15.8. The monoisotopic (exact) mass is 270 g/mol. The lowest BCUT2D eigenvalue weighted by Crippen LogP contribution is -2.38. The van der Waals surface area contributed by atoms with E-state index in [4.69, 9.17) is 5.11 Å². The third-order valence-corrected chi connectivity index (χ3v) is 3.61. The summed E-state index contributed by atoms with van der Waals surface area (Å²) in [4.78, 5) is 24.1. The first-order valence-corrected chi connectivity index (χ1v) is 7.38. The van der Waals surface area contributed by atoms with Gasteiger partial charge in [0.2, 0.25) is 0 Å². The maximum atomic E-state index is 11.9. The lowest BCUT2D eigenvalue weighted by Gasteiger charge is -2.17. The van der Waals surface area contributed by atoms with E-state index in [9.17, 15) is 9.59 Å². The second-order valence-electron chi connectivity index (χ2n) is 5.33. The molecule has 110 valence electrons. The van der Waals surface area contributed by atoms with E-state index in [1.54, 1.807) is 0 Å². The molecule has 2 N–H and O–H groups in total. The normalized spacial score (nSPS) is 18.6. The van der Waals surface area contributed by atoms with Gasteiger partial charge in [-0.3, -0.25) is 4.79 Å². The molecule has 0 aromatic heterocycles. The minimum atomic E-state index is -0.747.